The van der Waals surface area contributed by atoms with E-state index in [2.05, 4.69) is 18.4 Å². The topological polar surface area (TPSA) is 49.6 Å². The van der Waals surface area contributed by atoms with Crippen molar-refractivity contribution in [2.75, 3.05) is 26.2 Å². The van der Waals surface area contributed by atoms with Crippen LogP contribution in [0.2, 0.25) is 0 Å². The lowest BCUT2D eigenvalue weighted by Gasteiger charge is -2.36. The lowest BCUT2D eigenvalue weighted by Crippen LogP contribution is -2.47. The Morgan fingerprint density at radius 3 is 2.20 bits per heavy atom. The van der Waals surface area contributed by atoms with E-state index in [1.807, 2.05) is 18.7 Å². The molecule has 0 saturated heterocycles. The van der Waals surface area contributed by atoms with Crippen LogP contribution in [-0.2, 0) is 4.79 Å². The van der Waals surface area contributed by atoms with Gasteiger partial charge < -0.3 is 10.6 Å². The minimum Gasteiger partial charge on any atom is -0.338 e. The van der Waals surface area contributed by atoms with Crippen molar-refractivity contribution in [3.05, 3.63) is 12.2 Å². The van der Waals surface area contributed by atoms with Gasteiger partial charge in [0, 0.05) is 25.2 Å². The minimum absolute atomic E-state index is 0.215. The molecule has 1 aliphatic rings. The molecule has 1 rings (SSSR count). The van der Waals surface area contributed by atoms with Crippen molar-refractivity contribution < 1.29 is 4.79 Å². The highest BCUT2D eigenvalue weighted by Gasteiger charge is 2.25. The number of nitrogens with two attached hydrogens (primary N) is 1. The van der Waals surface area contributed by atoms with Crippen LogP contribution in [0.25, 0.3) is 0 Å². The SMILES string of the molecule is C=C(C)CN(CC)C(=O)CN(CC)C1CCC(N)CC1. The second kappa shape index (κ2) is 8.42. The Bertz CT molecular complexity index is 322. The van der Waals surface area contributed by atoms with Crippen LogP contribution in [0.5, 0.6) is 0 Å². The first-order valence-electron chi connectivity index (χ1n) is 7.89. The largest absolute Gasteiger partial charge is 0.338 e. The third-order valence-electron chi connectivity index (χ3n) is 4.20. The molecule has 4 nitrogen and oxygen atoms in total. The predicted molar refractivity (Wildman–Crippen MR) is 84.5 cm³/mol. The Balaban J connectivity index is 2.53. The Kier molecular flexibility index (Phi) is 7.24. The Morgan fingerprint density at radius 1 is 1.15 bits per heavy atom. The maximum absolute atomic E-state index is 12.4. The molecular weight excluding hydrogens is 250 g/mol. The van der Waals surface area contributed by atoms with Crippen LogP contribution in [0.1, 0.15) is 46.5 Å². The average Bonchev–Trinajstić information content (AvgIpc) is 2.42. The van der Waals surface area contributed by atoms with Gasteiger partial charge in [0.05, 0.1) is 6.54 Å². The van der Waals surface area contributed by atoms with Gasteiger partial charge in [0.1, 0.15) is 0 Å². The lowest BCUT2D eigenvalue weighted by molar-refractivity contribution is -0.132. The first-order valence-corrected chi connectivity index (χ1v) is 7.89. The van der Waals surface area contributed by atoms with Crippen molar-refractivity contribution >= 4 is 5.91 Å². The zero-order chi connectivity index (χ0) is 15.1. The summed E-state index contributed by atoms with van der Waals surface area (Å²) in [5, 5.41) is 0. The van der Waals surface area contributed by atoms with Crippen molar-refractivity contribution in [2.24, 2.45) is 5.73 Å². The molecule has 1 amide bonds. The molecule has 2 N–H and O–H groups in total. The van der Waals surface area contributed by atoms with Gasteiger partial charge in [-0.2, -0.15) is 0 Å². The fraction of sp³-hybridized carbons (Fsp3) is 0.812. The van der Waals surface area contributed by atoms with E-state index in [4.69, 9.17) is 5.73 Å². The summed E-state index contributed by atoms with van der Waals surface area (Å²) in [5.74, 6) is 0.215. The monoisotopic (exact) mass is 281 g/mol. The quantitative estimate of drug-likeness (QED) is 0.726. The van der Waals surface area contributed by atoms with E-state index in [9.17, 15) is 4.79 Å². The summed E-state index contributed by atoms with van der Waals surface area (Å²) >= 11 is 0. The molecule has 0 aromatic heterocycles. The smallest absolute Gasteiger partial charge is 0.237 e. The number of carbonyl (C=O) groups is 1. The van der Waals surface area contributed by atoms with E-state index in [0.717, 1.165) is 44.3 Å². The first kappa shape index (κ1) is 17.2. The molecule has 0 aromatic rings. The molecule has 0 unspecified atom stereocenters. The van der Waals surface area contributed by atoms with Crippen LogP contribution in [0.15, 0.2) is 12.2 Å². The predicted octanol–water partition coefficient (Wildman–Crippen LogP) is 2.00. The molecule has 20 heavy (non-hydrogen) atoms. The summed E-state index contributed by atoms with van der Waals surface area (Å²) in [7, 11) is 0. The summed E-state index contributed by atoms with van der Waals surface area (Å²) < 4.78 is 0. The molecule has 0 aliphatic heterocycles. The van der Waals surface area contributed by atoms with Gasteiger partial charge in [-0.15, -0.1) is 0 Å². The standard InChI is InChI=1S/C16H31N3O/c1-5-18(15-9-7-14(17)8-10-15)12-16(20)19(6-2)11-13(3)4/h14-15H,3,5-12,17H2,1-2,4H3. The van der Waals surface area contributed by atoms with Crippen LogP contribution in [0, 0.1) is 0 Å². The molecule has 0 heterocycles. The zero-order valence-electron chi connectivity index (χ0n) is 13.4. The molecule has 1 aliphatic carbocycles. The number of carbonyl (C=O) groups excluding carboxylic acids is 1. The summed E-state index contributed by atoms with van der Waals surface area (Å²) in [4.78, 5) is 16.6. The third-order valence-corrected chi connectivity index (χ3v) is 4.20. The molecular formula is C16H31N3O. The number of amides is 1. The zero-order valence-corrected chi connectivity index (χ0v) is 13.4. The van der Waals surface area contributed by atoms with Crippen molar-refractivity contribution in [3.8, 4) is 0 Å². The first-order chi connectivity index (χ1) is 9.47. The van der Waals surface area contributed by atoms with Crippen LogP contribution in [0.3, 0.4) is 0 Å². The van der Waals surface area contributed by atoms with Gasteiger partial charge >= 0.3 is 0 Å². The van der Waals surface area contributed by atoms with Gasteiger partial charge in [-0.05, 0) is 46.1 Å². The Labute approximate surface area is 124 Å². The molecule has 0 atom stereocenters. The van der Waals surface area contributed by atoms with Gasteiger partial charge in [0.15, 0.2) is 0 Å². The normalized spacial score (nSPS) is 22.9. The van der Waals surface area contributed by atoms with Gasteiger partial charge in [0.2, 0.25) is 5.91 Å². The lowest BCUT2D eigenvalue weighted by atomic mass is 9.90. The molecule has 1 saturated carbocycles. The van der Waals surface area contributed by atoms with Crippen LogP contribution < -0.4 is 5.73 Å². The number of hydrogen-bond donors (Lipinski definition) is 1. The highest BCUT2D eigenvalue weighted by Crippen LogP contribution is 2.22. The number of rotatable bonds is 7. The van der Waals surface area contributed by atoms with Crippen molar-refractivity contribution in [1.29, 1.82) is 0 Å². The summed E-state index contributed by atoms with van der Waals surface area (Å²) in [6.07, 6.45) is 4.40. The second-order valence-electron chi connectivity index (χ2n) is 6.00. The molecule has 0 bridgehead atoms. The van der Waals surface area contributed by atoms with Crippen LogP contribution in [0.4, 0.5) is 0 Å². The second-order valence-corrected chi connectivity index (χ2v) is 6.00. The summed E-state index contributed by atoms with van der Waals surface area (Å²) in [6.45, 7) is 12.9. The Hall–Kier alpha value is -0.870. The van der Waals surface area contributed by atoms with Crippen molar-refractivity contribution in [2.45, 2.75) is 58.5 Å². The van der Waals surface area contributed by atoms with Crippen LogP contribution >= 0.6 is 0 Å². The minimum atomic E-state index is 0.215. The van der Waals surface area contributed by atoms with Gasteiger partial charge in [-0.3, -0.25) is 9.69 Å². The number of likely N-dealkylation sites (N-methyl/N-ethyl adjacent to an activating group) is 2. The highest BCUT2D eigenvalue weighted by atomic mass is 16.2. The van der Waals surface area contributed by atoms with E-state index in [1.54, 1.807) is 0 Å². The van der Waals surface area contributed by atoms with Crippen molar-refractivity contribution in [1.82, 2.24) is 9.80 Å². The highest BCUT2D eigenvalue weighted by molar-refractivity contribution is 5.78. The molecule has 0 radical (unpaired) electrons. The molecule has 4 heteroatoms. The van der Waals surface area contributed by atoms with Crippen LogP contribution in [-0.4, -0.2) is 54.0 Å². The van der Waals surface area contributed by atoms with E-state index in [-0.39, 0.29) is 5.91 Å². The van der Waals surface area contributed by atoms with Crippen molar-refractivity contribution in [3.63, 3.8) is 0 Å². The van der Waals surface area contributed by atoms with Gasteiger partial charge in [0.25, 0.3) is 0 Å². The van der Waals surface area contributed by atoms with Gasteiger partial charge in [-0.25, -0.2) is 0 Å². The average molecular weight is 281 g/mol. The third kappa shape index (κ3) is 5.25. The maximum Gasteiger partial charge on any atom is 0.237 e. The molecule has 0 aromatic carbocycles. The van der Waals surface area contributed by atoms with E-state index in [1.165, 1.54) is 0 Å². The van der Waals surface area contributed by atoms with E-state index in [0.29, 0.717) is 25.2 Å². The van der Waals surface area contributed by atoms with Gasteiger partial charge in [-0.1, -0.05) is 19.1 Å². The summed E-state index contributed by atoms with van der Waals surface area (Å²) in [6, 6.07) is 0.878. The maximum atomic E-state index is 12.4. The Morgan fingerprint density at radius 2 is 1.75 bits per heavy atom. The number of nitrogens with zero attached hydrogens (tertiary/aromatic N) is 2. The fourth-order valence-electron chi connectivity index (χ4n) is 2.94. The van der Waals surface area contributed by atoms with E-state index >= 15 is 0 Å². The molecule has 1 fully saturated rings. The number of hydrogen-bond acceptors (Lipinski definition) is 3. The molecule has 116 valence electrons. The summed E-state index contributed by atoms with van der Waals surface area (Å²) in [5.41, 5.74) is 7.00. The van der Waals surface area contributed by atoms with E-state index < -0.39 is 0 Å². The fourth-order valence-corrected chi connectivity index (χ4v) is 2.94. The molecule has 0 spiro atoms.